The van der Waals surface area contributed by atoms with E-state index in [4.69, 9.17) is 0 Å². The molecule has 92 valence electrons. The molecule has 0 aromatic heterocycles. The molecule has 0 bridgehead atoms. The molecule has 0 saturated carbocycles. The second-order valence-electron chi connectivity index (χ2n) is 3.68. The Kier molecular flexibility index (Phi) is 8.77. The first-order valence-corrected chi connectivity index (χ1v) is 5.99. The zero-order valence-corrected chi connectivity index (χ0v) is 10.9. The second-order valence-corrected chi connectivity index (χ2v) is 3.68. The quantitative estimate of drug-likeness (QED) is 0.739. The summed E-state index contributed by atoms with van der Waals surface area (Å²) in [6.07, 6.45) is 1.81. The lowest BCUT2D eigenvalue weighted by Crippen LogP contribution is -2.44. The number of nitrogens with zero attached hydrogens (tertiary/aromatic N) is 2. The third-order valence-corrected chi connectivity index (χ3v) is 2.10. The van der Waals surface area contributed by atoms with Crippen LogP contribution < -0.4 is 5.32 Å². The molecule has 1 fully saturated rings. The molecular formula is C13H25N3. The zero-order chi connectivity index (χ0) is 12.4. The molecule has 3 heteroatoms. The highest BCUT2D eigenvalue weighted by atomic mass is 15.2. The Hall–Kier alpha value is -0.930. The van der Waals surface area contributed by atoms with E-state index in [-0.39, 0.29) is 0 Å². The molecule has 0 aromatic carbocycles. The Morgan fingerprint density at radius 1 is 1.31 bits per heavy atom. The summed E-state index contributed by atoms with van der Waals surface area (Å²) in [7, 11) is 0. The van der Waals surface area contributed by atoms with Crippen molar-refractivity contribution in [2.45, 2.75) is 20.8 Å². The summed E-state index contributed by atoms with van der Waals surface area (Å²) < 4.78 is 0. The summed E-state index contributed by atoms with van der Waals surface area (Å²) in [5.41, 5.74) is 1.88. The van der Waals surface area contributed by atoms with Crippen molar-refractivity contribution in [3.8, 4) is 0 Å². The van der Waals surface area contributed by atoms with Crippen LogP contribution in [0.2, 0.25) is 0 Å². The molecule has 1 aliphatic heterocycles. The molecule has 1 N–H and O–H groups in total. The minimum Gasteiger partial charge on any atom is -0.314 e. The molecule has 0 aliphatic carbocycles. The predicted octanol–water partition coefficient (Wildman–Crippen LogP) is 2.08. The van der Waals surface area contributed by atoms with E-state index in [1.54, 1.807) is 0 Å². The van der Waals surface area contributed by atoms with Crippen molar-refractivity contribution in [1.29, 1.82) is 0 Å². The molecule has 1 heterocycles. The highest BCUT2D eigenvalue weighted by molar-refractivity contribution is 5.78. The lowest BCUT2D eigenvalue weighted by atomic mass is 10.2. The van der Waals surface area contributed by atoms with Gasteiger partial charge in [0.1, 0.15) is 0 Å². The number of hydrogen-bond acceptors (Lipinski definition) is 3. The van der Waals surface area contributed by atoms with E-state index in [1.165, 1.54) is 0 Å². The van der Waals surface area contributed by atoms with Gasteiger partial charge in [0.05, 0.1) is 0 Å². The fourth-order valence-electron chi connectivity index (χ4n) is 1.40. The van der Waals surface area contributed by atoms with Gasteiger partial charge in [-0.3, -0.25) is 9.89 Å². The van der Waals surface area contributed by atoms with Crippen LogP contribution in [0.25, 0.3) is 0 Å². The largest absolute Gasteiger partial charge is 0.314 e. The van der Waals surface area contributed by atoms with Gasteiger partial charge < -0.3 is 5.32 Å². The van der Waals surface area contributed by atoms with Crippen LogP contribution in [0.5, 0.6) is 0 Å². The Balaban J connectivity index is 0.00000106. The van der Waals surface area contributed by atoms with E-state index in [2.05, 4.69) is 28.4 Å². The van der Waals surface area contributed by atoms with Crippen molar-refractivity contribution in [3.05, 3.63) is 24.4 Å². The molecule has 0 atom stereocenters. The first-order chi connectivity index (χ1) is 7.68. The maximum Gasteiger partial charge on any atom is 0.0309 e. The maximum atomic E-state index is 4.13. The van der Waals surface area contributed by atoms with Gasteiger partial charge in [0.25, 0.3) is 0 Å². The molecule has 0 spiro atoms. The van der Waals surface area contributed by atoms with Crippen LogP contribution in [0.1, 0.15) is 20.8 Å². The van der Waals surface area contributed by atoms with Gasteiger partial charge >= 0.3 is 0 Å². The van der Waals surface area contributed by atoms with Crippen molar-refractivity contribution in [1.82, 2.24) is 10.2 Å². The van der Waals surface area contributed by atoms with Gasteiger partial charge in [0.15, 0.2) is 0 Å². The molecule has 0 amide bonds. The summed E-state index contributed by atoms with van der Waals surface area (Å²) in [5, 5.41) is 3.32. The normalized spacial score (nSPS) is 16.7. The van der Waals surface area contributed by atoms with Gasteiger partial charge in [-0.25, -0.2) is 0 Å². The van der Waals surface area contributed by atoms with Crippen molar-refractivity contribution in [2.24, 2.45) is 4.99 Å². The number of allylic oxidation sites excluding steroid dienone is 1. The molecule has 0 radical (unpaired) electrons. The smallest absolute Gasteiger partial charge is 0.0309 e. The van der Waals surface area contributed by atoms with Gasteiger partial charge in [-0.05, 0) is 12.5 Å². The monoisotopic (exact) mass is 223 g/mol. The SMILES string of the molecule is C=C(C=NC(=C)C)CN1CCNCC1.CC. The molecule has 0 unspecified atom stereocenters. The minimum atomic E-state index is 0.825. The molecule has 1 rings (SSSR count). The van der Waals surface area contributed by atoms with Crippen molar-refractivity contribution >= 4 is 6.21 Å². The van der Waals surface area contributed by atoms with Crippen LogP contribution in [0.4, 0.5) is 0 Å². The fraction of sp³-hybridized carbons (Fsp3) is 0.615. The number of piperazine rings is 1. The van der Waals surface area contributed by atoms with Gasteiger partial charge in [-0.1, -0.05) is 27.0 Å². The van der Waals surface area contributed by atoms with E-state index < -0.39 is 0 Å². The molecular weight excluding hydrogens is 198 g/mol. The van der Waals surface area contributed by atoms with Crippen LogP contribution in [-0.2, 0) is 0 Å². The van der Waals surface area contributed by atoms with Gasteiger partial charge in [-0.15, -0.1) is 0 Å². The Labute approximate surface area is 99.9 Å². The minimum absolute atomic E-state index is 0.825. The lowest BCUT2D eigenvalue weighted by molar-refractivity contribution is 0.262. The van der Waals surface area contributed by atoms with E-state index in [1.807, 2.05) is 27.0 Å². The van der Waals surface area contributed by atoms with E-state index in [9.17, 15) is 0 Å². The summed E-state index contributed by atoms with van der Waals surface area (Å²) in [5.74, 6) is 0. The zero-order valence-electron chi connectivity index (χ0n) is 10.9. The highest BCUT2D eigenvalue weighted by Crippen LogP contribution is 1.98. The number of nitrogens with one attached hydrogen (secondary N) is 1. The standard InChI is InChI=1S/C11H19N3.C2H6/c1-10(2)13-8-11(3)9-14-6-4-12-5-7-14;1-2/h8,12H,1,3-7,9H2,2H3;1-2H3. The topological polar surface area (TPSA) is 27.6 Å². The van der Waals surface area contributed by atoms with Crippen molar-refractivity contribution < 1.29 is 0 Å². The van der Waals surface area contributed by atoms with Crippen LogP contribution in [0.3, 0.4) is 0 Å². The Morgan fingerprint density at radius 2 is 1.88 bits per heavy atom. The number of rotatable bonds is 4. The predicted molar refractivity (Wildman–Crippen MR) is 73.1 cm³/mol. The molecule has 16 heavy (non-hydrogen) atoms. The molecule has 1 aliphatic rings. The Morgan fingerprint density at radius 3 is 2.38 bits per heavy atom. The summed E-state index contributed by atoms with van der Waals surface area (Å²) >= 11 is 0. The molecule has 0 aromatic rings. The maximum absolute atomic E-state index is 4.13. The lowest BCUT2D eigenvalue weighted by Gasteiger charge is -2.27. The van der Waals surface area contributed by atoms with Crippen molar-refractivity contribution in [3.63, 3.8) is 0 Å². The average Bonchev–Trinajstić information content (AvgIpc) is 2.30. The summed E-state index contributed by atoms with van der Waals surface area (Å²) in [6.45, 7) is 18.8. The van der Waals surface area contributed by atoms with E-state index in [0.717, 1.165) is 44.0 Å². The van der Waals surface area contributed by atoms with Crippen LogP contribution in [0, 0.1) is 0 Å². The second kappa shape index (κ2) is 9.31. The van der Waals surface area contributed by atoms with Gasteiger partial charge in [0, 0.05) is 44.6 Å². The third-order valence-electron chi connectivity index (χ3n) is 2.10. The number of hydrogen-bond donors (Lipinski definition) is 1. The molecule has 3 nitrogen and oxygen atoms in total. The third kappa shape index (κ3) is 7.37. The van der Waals surface area contributed by atoms with E-state index >= 15 is 0 Å². The highest BCUT2D eigenvalue weighted by Gasteiger charge is 2.08. The van der Waals surface area contributed by atoms with E-state index in [0.29, 0.717) is 0 Å². The summed E-state index contributed by atoms with van der Waals surface area (Å²) in [6, 6.07) is 0. The number of aliphatic imine (C=N–C) groups is 1. The van der Waals surface area contributed by atoms with Crippen LogP contribution in [-0.4, -0.2) is 43.8 Å². The van der Waals surface area contributed by atoms with Crippen LogP contribution >= 0.6 is 0 Å². The first-order valence-electron chi connectivity index (χ1n) is 5.99. The van der Waals surface area contributed by atoms with Gasteiger partial charge in [0.2, 0.25) is 0 Å². The van der Waals surface area contributed by atoms with Gasteiger partial charge in [-0.2, -0.15) is 0 Å². The average molecular weight is 223 g/mol. The summed E-state index contributed by atoms with van der Waals surface area (Å²) in [4.78, 5) is 6.51. The first kappa shape index (κ1) is 15.1. The Bertz CT molecular complexity index is 238. The van der Waals surface area contributed by atoms with Crippen LogP contribution in [0.15, 0.2) is 29.4 Å². The fourth-order valence-corrected chi connectivity index (χ4v) is 1.40. The molecule has 1 saturated heterocycles. The van der Waals surface area contributed by atoms with Crippen molar-refractivity contribution in [2.75, 3.05) is 32.7 Å².